The van der Waals surface area contributed by atoms with Gasteiger partial charge in [-0.1, -0.05) is 38.1 Å². The lowest BCUT2D eigenvalue weighted by atomic mass is 10.1. The normalized spacial score (nSPS) is 13.8. The Hall–Kier alpha value is -3.30. The summed E-state index contributed by atoms with van der Waals surface area (Å²) >= 11 is 0. The average molecular weight is 442 g/mol. The van der Waals surface area contributed by atoms with Gasteiger partial charge in [-0.25, -0.2) is 18.1 Å². The molecular formula is C22H22N2O6S. The van der Waals surface area contributed by atoms with Gasteiger partial charge in [-0.05, 0) is 35.9 Å². The van der Waals surface area contributed by atoms with E-state index in [0.29, 0.717) is 18.7 Å². The molecule has 0 unspecified atom stereocenters. The molecule has 0 N–H and O–H groups in total. The van der Waals surface area contributed by atoms with E-state index < -0.39 is 34.5 Å². The molecule has 0 spiro atoms. The molecule has 0 atom stereocenters. The molecule has 0 aliphatic carbocycles. The fraction of sp³-hybridized carbons (Fsp3) is 0.227. The van der Waals surface area contributed by atoms with Crippen LogP contribution < -0.4 is 0 Å². The maximum absolute atomic E-state index is 12.5. The van der Waals surface area contributed by atoms with Crippen LogP contribution in [0.3, 0.4) is 0 Å². The minimum absolute atomic E-state index is 0.168. The van der Waals surface area contributed by atoms with E-state index in [9.17, 15) is 22.8 Å². The summed E-state index contributed by atoms with van der Waals surface area (Å²) in [5, 5.41) is 0. The number of carbonyl (C=O) groups excluding carboxylic acids is 3. The van der Waals surface area contributed by atoms with Crippen molar-refractivity contribution in [1.82, 2.24) is 9.21 Å². The molecule has 0 bridgehead atoms. The van der Waals surface area contributed by atoms with Crippen LogP contribution in [0.25, 0.3) is 6.08 Å². The third kappa shape index (κ3) is 4.57. The molecule has 0 aromatic heterocycles. The van der Waals surface area contributed by atoms with Crippen molar-refractivity contribution in [3.05, 3.63) is 71.3 Å². The zero-order valence-electron chi connectivity index (χ0n) is 17.1. The van der Waals surface area contributed by atoms with Gasteiger partial charge in [0.2, 0.25) is 10.0 Å². The largest absolute Gasteiger partial charge is 0.441 e. The second kappa shape index (κ2) is 9.23. The molecule has 31 heavy (non-hydrogen) atoms. The molecular weight excluding hydrogens is 420 g/mol. The summed E-state index contributed by atoms with van der Waals surface area (Å²) in [6.07, 6.45) is 2.60. The average Bonchev–Trinajstić information content (AvgIpc) is 3.02. The number of esters is 1. The number of hydrogen-bond acceptors (Lipinski definition) is 6. The molecule has 1 aliphatic rings. The standard InChI is InChI=1S/C22H22N2O6S/c1-3-23(4-2)31(28,29)17-12-9-16(10-13-17)11-14-20(25)30-15-24-21(26)18-7-5-6-8-19(18)22(24)27/h5-14H,3-4,15H2,1-2H3. The summed E-state index contributed by atoms with van der Waals surface area (Å²) in [5.74, 6) is -1.76. The molecule has 2 aromatic carbocycles. The van der Waals surface area contributed by atoms with E-state index in [4.69, 9.17) is 4.74 Å². The molecule has 8 nitrogen and oxygen atoms in total. The molecule has 0 fully saturated rings. The molecule has 2 amide bonds. The molecule has 3 rings (SSSR count). The quantitative estimate of drug-likeness (QED) is 0.354. The van der Waals surface area contributed by atoms with Gasteiger partial charge in [0.05, 0.1) is 16.0 Å². The lowest BCUT2D eigenvalue weighted by Crippen LogP contribution is -2.32. The van der Waals surface area contributed by atoms with Crippen molar-refractivity contribution >= 4 is 33.9 Å². The number of rotatable bonds is 8. The van der Waals surface area contributed by atoms with Crippen molar-refractivity contribution in [3.8, 4) is 0 Å². The van der Waals surface area contributed by atoms with E-state index in [1.54, 1.807) is 50.2 Å². The Balaban J connectivity index is 1.60. The summed E-state index contributed by atoms with van der Waals surface area (Å²) in [4.78, 5) is 37.5. The van der Waals surface area contributed by atoms with Gasteiger partial charge in [0.1, 0.15) is 0 Å². The number of imide groups is 1. The van der Waals surface area contributed by atoms with Gasteiger partial charge in [0, 0.05) is 19.2 Å². The van der Waals surface area contributed by atoms with Crippen molar-refractivity contribution in [2.45, 2.75) is 18.7 Å². The van der Waals surface area contributed by atoms with Gasteiger partial charge in [0.25, 0.3) is 11.8 Å². The summed E-state index contributed by atoms with van der Waals surface area (Å²) in [6.45, 7) is 3.80. The summed E-state index contributed by atoms with van der Waals surface area (Å²) in [5.41, 5.74) is 1.15. The monoisotopic (exact) mass is 442 g/mol. The van der Waals surface area contributed by atoms with Crippen LogP contribution >= 0.6 is 0 Å². The summed E-state index contributed by atoms with van der Waals surface area (Å²) in [6, 6.07) is 12.5. The Morgan fingerprint density at radius 1 is 0.968 bits per heavy atom. The molecule has 0 radical (unpaired) electrons. The first-order chi connectivity index (χ1) is 14.8. The number of nitrogens with zero attached hydrogens (tertiary/aromatic N) is 2. The number of amides is 2. The van der Waals surface area contributed by atoms with Gasteiger partial charge in [-0.15, -0.1) is 0 Å². The fourth-order valence-electron chi connectivity index (χ4n) is 3.16. The van der Waals surface area contributed by atoms with Gasteiger partial charge < -0.3 is 4.74 Å². The molecule has 0 saturated carbocycles. The number of benzene rings is 2. The molecule has 0 saturated heterocycles. The van der Waals surface area contributed by atoms with Crippen molar-refractivity contribution in [3.63, 3.8) is 0 Å². The number of sulfonamides is 1. The summed E-state index contributed by atoms with van der Waals surface area (Å²) in [7, 11) is -3.55. The third-order valence-electron chi connectivity index (χ3n) is 4.85. The zero-order chi connectivity index (χ0) is 22.6. The lowest BCUT2D eigenvalue weighted by Gasteiger charge is -2.18. The smallest absolute Gasteiger partial charge is 0.332 e. The van der Waals surface area contributed by atoms with Crippen LogP contribution in [-0.4, -0.2) is 55.2 Å². The molecule has 9 heteroatoms. The molecule has 1 aliphatic heterocycles. The van der Waals surface area contributed by atoms with Crippen LogP contribution in [0.15, 0.2) is 59.5 Å². The maximum atomic E-state index is 12.5. The first-order valence-electron chi connectivity index (χ1n) is 9.69. The highest BCUT2D eigenvalue weighted by atomic mass is 32.2. The van der Waals surface area contributed by atoms with Crippen LogP contribution in [0.1, 0.15) is 40.1 Å². The van der Waals surface area contributed by atoms with Gasteiger partial charge in [-0.2, -0.15) is 4.31 Å². The number of fused-ring (bicyclic) bond motifs is 1. The van der Waals surface area contributed by atoms with Gasteiger partial charge in [0.15, 0.2) is 6.73 Å². The second-order valence-electron chi connectivity index (χ2n) is 6.67. The van der Waals surface area contributed by atoms with E-state index >= 15 is 0 Å². The highest BCUT2D eigenvalue weighted by molar-refractivity contribution is 7.89. The summed E-state index contributed by atoms with van der Waals surface area (Å²) < 4.78 is 31.4. The topological polar surface area (TPSA) is 101 Å². The van der Waals surface area contributed by atoms with Crippen LogP contribution in [0, 0.1) is 0 Å². The van der Waals surface area contributed by atoms with Crippen molar-refractivity contribution in [2.24, 2.45) is 0 Å². The highest BCUT2D eigenvalue weighted by Gasteiger charge is 2.35. The maximum Gasteiger partial charge on any atom is 0.332 e. The Morgan fingerprint density at radius 2 is 1.52 bits per heavy atom. The van der Waals surface area contributed by atoms with Crippen molar-refractivity contribution in [1.29, 1.82) is 0 Å². The number of carbonyl (C=O) groups is 3. The van der Waals surface area contributed by atoms with Crippen molar-refractivity contribution < 1.29 is 27.5 Å². The SMILES string of the molecule is CCN(CC)S(=O)(=O)c1ccc(C=CC(=O)OCN2C(=O)c3ccccc3C2=O)cc1. The Kier molecular flexibility index (Phi) is 6.67. The van der Waals surface area contributed by atoms with Crippen LogP contribution in [0.4, 0.5) is 0 Å². The van der Waals surface area contributed by atoms with E-state index in [1.165, 1.54) is 22.5 Å². The highest BCUT2D eigenvalue weighted by Crippen LogP contribution is 2.22. The Labute approximate surface area is 180 Å². The third-order valence-corrected chi connectivity index (χ3v) is 6.91. The van der Waals surface area contributed by atoms with Crippen LogP contribution in [0.2, 0.25) is 0 Å². The Bertz CT molecular complexity index is 1100. The number of ether oxygens (including phenoxy) is 1. The van der Waals surface area contributed by atoms with Gasteiger partial charge >= 0.3 is 5.97 Å². The van der Waals surface area contributed by atoms with E-state index in [1.807, 2.05) is 0 Å². The number of hydrogen-bond donors (Lipinski definition) is 0. The van der Waals surface area contributed by atoms with E-state index in [-0.39, 0.29) is 16.0 Å². The molecule has 2 aromatic rings. The van der Waals surface area contributed by atoms with E-state index in [0.717, 1.165) is 11.0 Å². The lowest BCUT2D eigenvalue weighted by molar-refractivity contribution is -0.140. The first kappa shape index (κ1) is 22.4. The minimum atomic E-state index is -3.55. The Morgan fingerprint density at radius 3 is 2.03 bits per heavy atom. The predicted molar refractivity (Wildman–Crippen MR) is 113 cm³/mol. The van der Waals surface area contributed by atoms with Crippen molar-refractivity contribution in [2.75, 3.05) is 19.8 Å². The zero-order valence-corrected chi connectivity index (χ0v) is 18.0. The molecule has 162 valence electrons. The second-order valence-corrected chi connectivity index (χ2v) is 8.61. The van der Waals surface area contributed by atoms with Gasteiger partial charge in [-0.3, -0.25) is 9.59 Å². The van der Waals surface area contributed by atoms with Crippen LogP contribution in [0.5, 0.6) is 0 Å². The minimum Gasteiger partial charge on any atom is -0.441 e. The molecule has 1 heterocycles. The van der Waals surface area contributed by atoms with Crippen LogP contribution in [-0.2, 0) is 19.6 Å². The predicted octanol–water partition coefficient (Wildman–Crippen LogP) is 2.53. The fourth-order valence-corrected chi connectivity index (χ4v) is 4.62. The first-order valence-corrected chi connectivity index (χ1v) is 11.1. The van der Waals surface area contributed by atoms with E-state index in [2.05, 4.69) is 0 Å².